The molecular weight excluding hydrogens is 288 g/mol. The molecule has 4 heteroatoms. The van der Waals surface area contributed by atoms with E-state index in [0.29, 0.717) is 12.1 Å². The molecule has 0 radical (unpaired) electrons. The monoisotopic (exact) mass is 324 g/mol. The number of rotatable bonds is 4. The molecule has 0 saturated heterocycles. The zero-order valence-electron chi connectivity index (χ0n) is 15.7. The summed E-state index contributed by atoms with van der Waals surface area (Å²) in [6.07, 6.45) is 8.34. The topological polar surface area (TPSA) is 50.4 Å². The van der Waals surface area contributed by atoms with E-state index in [0.717, 1.165) is 24.7 Å². The molecule has 2 fully saturated rings. The second-order valence-electron chi connectivity index (χ2n) is 8.81. The van der Waals surface area contributed by atoms with Gasteiger partial charge in [-0.2, -0.15) is 0 Å². The van der Waals surface area contributed by atoms with Gasteiger partial charge in [0.15, 0.2) is 0 Å². The highest BCUT2D eigenvalue weighted by Gasteiger charge is 2.32. The van der Waals surface area contributed by atoms with Crippen LogP contribution in [0.1, 0.15) is 79.6 Å². The largest absolute Gasteiger partial charge is 0.444 e. The van der Waals surface area contributed by atoms with Gasteiger partial charge in [-0.25, -0.2) is 4.79 Å². The third-order valence-corrected chi connectivity index (χ3v) is 5.38. The van der Waals surface area contributed by atoms with E-state index in [-0.39, 0.29) is 12.1 Å². The zero-order chi connectivity index (χ0) is 17.0. The first-order chi connectivity index (χ1) is 10.7. The Morgan fingerprint density at radius 3 is 2.17 bits per heavy atom. The molecule has 1 amide bonds. The summed E-state index contributed by atoms with van der Waals surface area (Å²) in [6, 6.07) is 1.24. The highest BCUT2D eigenvalue weighted by atomic mass is 16.6. The number of amides is 1. The summed E-state index contributed by atoms with van der Waals surface area (Å²) in [7, 11) is 0. The van der Waals surface area contributed by atoms with Gasteiger partial charge in [0.25, 0.3) is 0 Å². The van der Waals surface area contributed by atoms with E-state index >= 15 is 0 Å². The molecule has 2 saturated carbocycles. The summed E-state index contributed by atoms with van der Waals surface area (Å²) in [4.78, 5) is 12.0. The Morgan fingerprint density at radius 2 is 1.61 bits per heavy atom. The Balaban J connectivity index is 1.77. The van der Waals surface area contributed by atoms with Crippen molar-refractivity contribution in [3.63, 3.8) is 0 Å². The van der Waals surface area contributed by atoms with Crippen molar-refractivity contribution in [1.82, 2.24) is 10.6 Å². The predicted octanol–water partition coefficient (Wildman–Crippen LogP) is 4.24. The average molecular weight is 325 g/mol. The number of carbonyl (C=O) groups is 1. The van der Waals surface area contributed by atoms with Crippen molar-refractivity contribution in [2.24, 2.45) is 11.8 Å². The van der Waals surface area contributed by atoms with E-state index in [1.54, 1.807) is 0 Å². The van der Waals surface area contributed by atoms with Gasteiger partial charge in [-0.3, -0.25) is 0 Å². The molecular formula is C19H36N2O2. The molecule has 2 aliphatic carbocycles. The maximum atomic E-state index is 12.0. The quantitative estimate of drug-likeness (QED) is 0.813. The van der Waals surface area contributed by atoms with Crippen molar-refractivity contribution < 1.29 is 9.53 Å². The van der Waals surface area contributed by atoms with Crippen LogP contribution in [0.2, 0.25) is 0 Å². The van der Waals surface area contributed by atoms with Gasteiger partial charge < -0.3 is 15.4 Å². The van der Waals surface area contributed by atoms with Gasteiger partial charge in [-0.05, 0) is 77.6 Å². The number of carbonyl (C=O) groups excluding carboxylic acids is 1. The van der Waals surface area contributed by atoms with Crippen LogP contribution in [0.3, 0.4) is 0 Å². The second kappa shape index (κ2) is 7.87. The highest BCUT2D eigenvalue weighted by molar-refractivity contribution is 5.68. The second-order valence-corrected chi connectivity index (χ2v) is 8.81. The van der Waals surface area contributed by atoms with Gasteiger partial charge >= 0.3 is 6.09 Å². The molecule has 0 aromatic carbocycles. The smallest absolute Gasteiger partial charge is 0.407 e. The zero-order valence-corrected chi connectivity index (χ0v) is 15.7. The number of alkyl carbamates (subject to hydrolysis) is 1. The molecule has 0 aliphatic heterocycles. The van der Waals surface area contributed by atoms with Crippen LogP contribution in [0, 0.1) is 11.8 Å². The van der Waals surface area contributed by atoms with E-state index in [4.69, 9.17) is 4.74 Å². The van der Waals surface area contributed by atoms with E-state index in [9.17, 15) is 4.79 Å². The molecule has 0 aromatic rings. The van der Waals surface area contributed by atoms with Crippen LogP contribution in [-0.2, 0) is 4.74 Å². The Bertz CT molecular complexity index is 381. The lowest BCUT2D eigenvalue weighted by atomic mass is 9.79. The van der Waals surface area contributed by atoms with E-state index in [1.165, 1.54) is 32.1 Å². The van der Waals surface area contributed by atoms with Crippen molar-refractivity contribution in [3.8, 4) is 0 Å². The molecule has 134 valence electrons. The first kappa shape index (κ1) is 18.6. The maximum Gasteiger partial charge on any atom is 0.407 e. The molecule has 2 rings (SSSR count). The molecule has 0 spiro atoms. The number of ether oxygens (including phenoxy) is 1. The molecule has 2 aliphatic rings. The van der Waals surface area contributed by atoms with Crippen molar-refractivity contribution in [2.75, 3.05) is 0 Å². The van der Waals surface area contributed by atoms with Crippen molar-refractivity contribution in [2.45, 2.75) is 103 Å². The third kappa shape index (κ3) is 5.98. The van der Waals surface area contributed by atoms with Crippen LogP contribution in [0.25, 0.3) is 0 Å². The minimum absolute atomic E-state index is 0.215. The van der Waals surface area contributed by atoms with Crippen LogP contribution in [-0.4, -0.2) is 29.8 Å². The average Bonchev–Trinajstić information content (AvgIpc) is 2.84. The van der Waals surface area contributed by atoms with Crippen LogP contribution in [0.15, 0.2) is 0 Å². The van der Waals surface area contributed by atoms with E-state index in [2.05, 4.69) is 24.5 Å². The fourth-order valence-electron chi connectivity index (χ4n) is 4.05. The molecule has 2 atom stereocenters. The molecule has 0 heterocycles. The first-order valence-corrected chi connectivity index (χ1v) is 9.50. The Hall–Kier alpha value is -0.770. The van der Waals surface area contributed by atoms with Crippen molar-refractivity contribution in [1.29, 1.82) is 0 Å². The van der Waals surface area contributed by atoms with Gasteiger partial charge in [0.05, 0.1) is 0 Å². The van der Waals surface area contributed by atoms with Gasteiger partial charge in [0, 0.05) is 18.1 Å². The summed E-state index contributed by atoms with van der Waals surface area (Å²) in [5.74, 6) is 1.70. The summed E-state index contributed by atoms with van der Waals surface area (Å²) in [5.41, 5.74) is -0.430. The van der Waals surface area contributed by atoms with Gasteiger partial charge in [-0.15, -0.1) is 0 Å². The molecule has 2 unspecified atom stereocenters. The number of nitrogens with one attached hydrogen (secondary N) is 2. The standard InChI is InChI=1S/C19H36N2O2/c1-13(2)14-9-11-15(12-10-14)20-16-7-6-8-17(16)21-18(22)23-19(3,4)5/h13-17,20H,6-12H2,1-5H3,(H,21,22). The van der Waals surface area contributed by atoms with Gasteiger partial charge in [-0.1, -0.05) is 13.8 Å². The fourth-order valence-corrected chi connectivity index (χ4v) is 4.05. The van der Waals surface area contributed by atoms with Gasteiger partial charge in [0.2, 0.25) is 0 Å². The first-order valence-electron chi connectivity index (χ1n) is 9.50. The summed E-state index contributed by atoms with van der Waals surface area (Å²) >= 11 is 0. The molecule has 23 heavy (non-hydrogen) atoms. The maximum absolute atomic E-state index is 12.0. The predicted molar refractivity (Wildman–Crippen MR) is 94.5 cm³/mol. The Kier molecular flexibility index (Phi) is 6.35. The number of hydrogen-bond donors (Lipinski definition) is 2. The van der Waals surface area contributed by atoms with Crippen LogP contribution in [0.4, 0.5) is 4.79 Å². The minimum Gasteiger partial charge on any atom is -0.444 e. The lowest BCUT2D eigenvalue weighted by Gasteiger charge is -2.34. The molecule has 0 aromatic heterocycles. The van der Waals surface area contributed by atoms with Gasteiger partial charge in [0.1, 0.15) is 5.60 Å². The van der Waals surface area contributed by atoms with Crippen molar-refractivity contribution in [3.05, 3.63) is 0 Å². The molecule has 4 nitrogen and oxygen atoms in total. The summed E-state index contributed by atoms with van der Waals surface area (Å²) < 4.78 is 5.40. The molecule has 0 bridgehead atoms. The fraction of sp³-hybridized carbons (Fsp3) is 0.947. The minimum atomic E-state index is -0.430. The SMILES string of the molecule is CC(C)C1CCC(NC2CCCC2NC(=O)OC(C)(C)C)CC1. The van der Waals surface area contributed by atoms with Crippen LogP contribution < -0.4 is 10.6 Å². The summed E-state index contributed by atoms with van der Waals surface area (Å²) in [6.45, 7) is 10.4. The lowest BCUT2D eigenvalue weighted by Crippen LogP contribution is -2.51. The van der Waals surface area contributed by atoms with E-state index in [1.807, 2.05) is 20.8 Å². The summed E-state index contributed by atoms with van der Waals surface area (Å²) in [5, 5.41) is 6.90. The Labute approximate surface area is 142 Å². The van der Waals surface area contributed by atoms with Crippen LogP contribution in [0.5, 0.6) is 0 Å². The lowest BCUT2D eigenvalue weighted by molar-refractivity contribution is 0.0495. The third-order valence-electron chi connectivity index (χ3n) is 5.38. The van der Waals surface area contributed by atoms with Crippen molar-refractivity contribution >= 4 is 6.09 Å². The normalized spacial score (nSPS) is 32.1. The van der Waals surface area contributed by atoms with Crippen LogP contribution >= 0.6 is 0 Å². The Morgan fingerprint density at radius 1 is 1.00 bits per heavy atom. The highest BCUT2D eigenvalue weighted by Crippen LogP contribution is 2.31. The van der Waals surface area contributed by atoms with E-state index < -0.39 is 5.60 Å². The molecule has 2 N–H and O–H groups in total. The number of hydrogen-bond acceptors (Lipinski definition) is 3.